The highest BCUT2D eigenvalue weighted by Gasteiger charge is 2.10. The van der Waals surface area contributed by atoms with Crippen molar-refractivity contribution in [3.8, 4) is 0 Å². The van der Waals surface area contributed by atoms with Crippen molar-refractivity contribution in [3.63, 3.8) is 0 Å². The van der Waals surface area contributed by atoms with E-state index in [2.05, 4.69) is 27.9 Å². The van der Waals surface area contributed by atoms with Gasteiger partial charge in [-0.2, -0.15) is 0 Å². The van der Waals surface area contributed by atoms with E-state index in [0.29, 0.717) is 5.69 Å². The summed E-state index contributed by atoms with van der Waals surface area (Å²) in [4.78, 5) is 11.9. The standard InChI is InChI=1S/C13H10FIN2O/c14-8-4-5-11(12(16)6-8)13(18)17-10-3-1-2-9(15)7-10/h1-7H,16H2,(H,17,18). The van der Waals surface area contributed by atoms with Gasteiger partial charge in [-0.15, -0.1) is 0 Å². The molecule has 0 aliphatic rings. The van der Waals surface area contributed by atoms with Gasteiger partial charge in [-0.3, -0.25) is 4.79 Å². The van der Waals surface area contributed by atoms with Crippen molar-refractivity contribution in [3.05, 3.63) is 57.4 Å². The Hall–Kier alpha value is -1.63. The van der Waals surface area contributed by atoms with Crippen LogP contribution in [0.3, 0.4) is 0 Å². The zero-order valence-electron chi connectivity index (χ0n) is 9.28. The Morgan fingerprint density at radius 2 is 2.00 bits per heavy atom. The molecular formula is C13H10FIN2O. The number of amides is 1. The first-order valence-corrected chi connectivity index (χ1v) is 6.26. The number of anilines is 2. The van der Waals surface area contributed by atoms with Crippen LogP contribution in [0.5, 0.6) is 0 Å². The Balaban J connectivity index is 2.22. The van der Waals surface area contributed by atoms with Gasteiger partial charge in [0.2, 0.25) is 0 Å². The average molecular weight is 356 g/mol. The Kier molecular flexibility index (Phi) is 3.81. The average Bonchev–Trinajstić information content (AvgIpc) is 2.28. The van der Waals surface area contributed by atoms with Crippen molar-refractivity contribution in [2.45, 2.75) is 0 Å². The van der Waals surface area contributed by atoms with E-state index in [1.54, 1.807) is 6.07 Å². The summed E-state index contributed by atoms with van der Waals surface area (Å²) in [5, 5.41) is 2.71. The molecule has 0 atom stereocenters. The first-order valence-electron chi connectivity index (χ1n) is 5.18. The summed E-state index contributed by atoms with van der Waals surface area (Å²) in [5.41, 5.74) is 6.66. The van der Waals surface area contributed by atoms with Crippen molar-refractivity contribution in [2.75, 3.05) is 11.1 Å². The quantitative estimate of drug-likeness (QED) is 0.641. The van der Waals surface area contributed by atoms with E-state index in [-0.39, 0.29) is 17.2 Å². The fourth-order valence-corrected chi connectivity index (χ4v) is 2.05. The third-order valence-corrected chi connectivity index (χ3v) is 3.01. The monoisotopic (exact) mass is 356 g/mol. The number of hydrogen-bond donors (Lipinski definition) is 2. The van der Waals surface area contributed by atoms with Crippen LogP contribution in [0.25, 0.3) is 0 Å². The molecule has 92 valence electrons. The Morgan fingerprint density at radius 3 is 2.67 bits per heavy atom. The third kappa shape index (κ3) is 2.98. The molecule has 0 spiro atoms. The molecule has 5 heteroatoms. The molecule has 2 rings (SSSR count). The number of carbonyl (C=O) groups is 1. The van der Waals surface area contributed by atoms with Gasteiger partial charge >= 0.3 is 0 Å². The molecule has 0 unspecified atom stereocenters. The number of nitrogens with two attached hydrogens (primary N) is 1. The third-order valence-electron chi connectivity index (χ3n) is 2.34. The van der Waals surface area contributed by atoms with Crippen LogP contribution in [0.2, 0.25) is 0 Å². The van der Waals surface area contributed by atoms with Gasteiger partial charge < -0.3 is 11.1 Å². The summed E-state index contributed by atoms with van der Waals surface area (Å²) in [7, 11) is 0. The smallest absolute Gasteiger partial charge is 0.257 e. The summed E-state index contributed by atoms with van der Waals surface area (Å²) < 4.78 is 13.9. The SMILES string of the molecule is Nc1cc(F)ccc1C(=O)Nc1cccc(I)c1. The lowest BCUT2D eigenvalue weighted by Crippen LogP contribution is -2.14. The van der Waals surface area contributed by atoms with E-state index in [1.807, 2.05) is 18.2 Å². The van der Waals surface area contributed by atoms with Crippen molar-refractivity contribution >= 4 is 39.9 Å². The molecule has 3 nitrogen and oxygen atoms in total. The van der Waals surface area contributed by atoms with Crippen LogP contribution < -0.4 is 11.1 Å². The van der Waals surface area contributed by atoms with Gasteiger partial charge in [0.1, 0.15) is 5.82 Å². The van der Waals surface area contributed by atoms with Gasteiger partial charge in [-0.05, 0) is 59.0 Å². The number of rotatable bonds is 2. The molecule has 3 N–H and O–H groups in total. The number of nitrogens with one attached hydrogen (secondary N) is 1. The molecule has 0 saturated heterocycles. The topological polar surface area (TPSA) is 55.1 Å². The first-order chi connectivity index (χ1) is 8.56. The van der Waals surface area contributed by atoms with Crippen molar-refractivity contribution in [1.29, 1.82) is 0 Å². The highest BCUT2D eigenvalue weighted by molar-refractivity contribution is 14.1. The van der Waals surface area contributed by atoms with E-state index < -0.39 is 5.82 Å². The van der Waals surface area contributed by atoms with Gasteiger partial charge in [0, 0.05) is 14.9 Å². The minimum absolute atomic E-state index is 0.123. The summed E-state index contributed by atoms with van der Waals surface area (Å²) in [6.45, 7) is 0. The molecule has 0 radical (unpaired) electrons. The Labute approximate surface area is 117 Å². The largest absolute Gasteiger partial charge is 0.398 e. The predicted octanol–water partition coefficient (Wildman–Crippen LogP) is 3.26. The van der Waals surface area contributed by atoms with Crippen LogP contribution in [0.4, 0.5) is 15.8 Å². The zero-order valence-corrected chi connectivity index (χ0v) is 11.4. The van der Waals surface area contributed by atoms with E-state index in [1.165, 1.54) is 12.1 Å². The molecule has 1 amide bonds. The summed E-state index contributed by atoms with van der Waals surface area (Å²) in [5.74, 6) is -0.812. The minimum Gasteiger partial charge on any atom is -0.398 e. The number of hydrogen-bond acceptors (Lipinski definition) is 2. The van der Waals surface area contributed by atoms with E-state index in [4.69, 9.17) is 5.73 Å². The molecule has 0 aliphatic carbocycles. The van der Waals surface area contributed by atoms with Crippen LogP contribution in [0.15, 0.2) is 42.5 Å². The van der Waals surface area contributed by atoms with Crippen molar-refractivity contribution in [2.24, 2.45) is 0 Å². The van der Waals surface area contributed by atoms with Gasteiger partial charge in [0.15, 0.2) is 0 Å². The molecule has 2 aromatic carbocycles. The molecular weight excluding hydrogens is 346 g/mol. The fourth-order valence-electron chi connectivity index (χ4n) is 1.51. The van der Waals surface area contributed by atoms with Crippen LogP contribution in [-0.2, 0) is 0 Å². The Morgan fingerprint density at radius 1 is 1.22 bits per heavy atom. The maximum absolute atomic E-state index is 12.9. The van der Waals surface area contributed by atoms with Crippen molar-refractivity contribution < 1.29 is 9.18 Å². The molecule has 2 aromatic rings. The van der Waals surface area contributed by atoms with Gasteiger partial charge in [0.25, 0.3) is 5.91 Å². The molecule has 0 heterocycles. The lowest BCUT2D eigenvalue weighted by Gasteiger charge is -2.07. The second-order valence-electron chi connectivity index (χ2n) is 3.70. The van der Waals surface area contributed by atoms with Crippen LogP contribution in [-0.4, -0.2) is 5.91 Å². The van der Waals surface area contributed by atoms with Gasteiger partial charge in [0.05, 0.1) is 5.56 Å². The number of carbonyl (C=O) groups excluding carboxylic acids is 1. The molecule has 18 heavy (non-hydrogen) atoms. The highest BCUT2D eigenvalue weighted by Crippen LogP contribution is 2.17. The number of benzene rings is 2. The Bertz CT molecular complexity index is 601. The van der Waals surface area contributed by atoms with E-state index in [9.17, 15) is 9.18 Å². The molecule has 0 saturated carbocycles. The van der Waals surface area contributed by atoms with E-state index >= 15 is 0 Å². The molecule has 0 aliphatic heterocycles. The summed E-state index contributed by atoms with van der Waals surface area (Å²) in [6.07, 6.45) is 0. The lowest BCUT2D eigenvalue weighted by molar-refractivity contribution is 0.102. The number of halogens is 2. The van der Waals surface area contributed by atoms with Crippen LogP contribution in [0.1, 0.15) is 10.4 Å². The lowest BCUT2D eigenvalue weighted by atomic mass is 10.1. The molecule has 0 fully saturated rings. The second kappa shape index (κ2) is 5.34. The maximum Gasteiger partial charge on any atom is 0.257 e. The second-order valence-corrected chi connectivity index (χ2v) is 4.94. The van der Waals surface area contributed by atoms with Crippen molar-refractivity contribution in [1.82, 2.24) is 0 Å². The first kappa shape index (κ1) is 12.8. The zero-order chi connectivity index (χ0) is 13.1. The van der Waals surface area contributed by atoms with E-state index in [0.717, 1.165) is 9.64 Å². The van der Waals surface area contributed by atoms with Crippen LogP contribution >= 0.6 is 22.6 Å². The minimum atomic E-state index is -0.460. The maximum atomic E-state index is 12.9. The normalized spacial score (nSPS) is 10.1. The highest BCUT2D eigenvalue weighted by atomic mass is 127. The predicted molar refractivity (Wildman–Crippen MR) is 77.9 cm³/mol. The van der Waals surface area contributed by atoms with Gasteiger partial charge in [-0.25, -0.2) is 4.39 Å². The molecule has 0 aromatic heterocycles. The summed E-state index contributed by atoms with van der Waals surface area (Å²) in [6, 6.07) is 11.1. The fraction of sp³-hybridized carbons (Fsp3) is 0. The number of nitrogen functional groups attached to an aromatic ring is 1. The van der Waals surface area contributed by atoms with Crippen LogP contribution in [0, 0.1) is 9.39 Å². The van der Waals surface area contributed by atoms with Gasteiger partial charge in [-0.1, -0.05) is 6.07 Å². The molecule has 0 bridgehead atoms. The summed E-state index contributed by atoms with van der Waals surface area (Å²) >= 11 is 2.15.